The molecule has 0 bridgehead atoms. The summed E-state index contributed by atoms with van der Waals surface area (Å²) >= 11 is 0. The molecule has 7 heteroatoms. The molecule has 0 saturated carbocycles. The van der Waals surface area contributed by atoms with Gasteiger partial charge in [0.1, 0.15) is 17.3 Å². The van der Waals surface area contributed by atoms with Gasteiger partial charge in [-0.1, -0.05) is 12.1 Å². The number of nitrogens with zero attached hydrogens (tertiary/aromatic N) is 1. The Morgan fingerprint density at radius 1 is 0.933 bits per heavy atom. The summed E-state index contributed by atoms with van der Waals surface area (Å²) in [6, 6.07) is 14.6. The summed E-state index contributed by atoms with van der Waals surface area (Å²) in [7, 11) is 0. The number of amidine groups is 1. The lowest BCUT2D eigenvalue weighted by Gasteiger charge is -2.20. The lowest BCUT2D eigenvalue weighted by Crippen LogP contribution is -2.30. The molecule has 2 aromatic rings. The first-order valence-electron chi connectivity index (χ1n) is 10.1. The van der Waals surface area contributed by atoms with Gasteiger partial charge in [0.05, 0.1) is 18.8 Å². The van der Waals surface area contributed by atoms with Crippen LogP contribution in [-0.4, -0.2) is 42.9 Å². The number of carbonyl (C=O) groups excluding carboxylic acids is 1. The van der Waals surface area contributed by atoms with Crippen LogP contribution in [-0.2, 0) is 0 Å². The standard InChI is InChI=1S/C23H31N3O3.ClH/c1-3-26(4-2)23(27)20-10-6-7-11-21(20)29-17-9-5-8-16-28-19-14-12-18(13-15-19)22(24)25;/h6-7,10-15H,3-5,8-9,16-17H2,1-2H3,(H3,24,25);1H. The van der Waals surface area contributed by atoms with Crippen LogP contribution in [0.4, 0.5) is 0 Å². The number of hydrogen-bond donors (Lipinski definition) is 2. The first kappa shape index (κ1) is 25.3. The normalized spacial score (nSPS) is 10.1. The van der Waals surface area contributed by atoms with Crippen LogP contribution in [0.1, 0.15) is 49.0 Å². The zero-order chi connectivity index (χ0) is 21.1. The maximum Gasteiger partial charge on any atom is 0.257 e. The minimum Gasteiger partial charge on any atom is -0.494 e. The number of hydrogen-bond acceptors (Lipinski definition) is 4. The second kappa shape index (κ2) is 13.5. The molecule has 1 amide bonds. The molecule has 2 aromatic carbocycles. The second-order valence-electron chi connectivity index (χ2n) is 6.67. The van der Waals surface area contributed by atoms with Gasteiger partial charge in [0, 0.05) is 18.7 Å². The Morgan fingerprint density at radius 2 is 1.53 bits per heavy atom. The minimum atomic E-state index is 0. The molecule has 0 radical (unpaired) electrons. The Labute approximate surface area is 185 Å². The first-order chi connectivity index (χ1) is 14.1. The summed E-state index contributed by atoms with van der Waals surface area (Å²) in [6.07, 6.45) is 2.77. The highest BCUT2D eigenvalue weighted by Crippen LogP contribution is 2.20. The molecule has 164 valence electrons. The molecule has 0 atom stereocenters. The van der Waals surface area contributed by atoms with Gasteiger partial charge in [-0.3, -0.25) is 10.2 Å². The van der Waals surface area contributed by atoms with Gasteiger partial charge in [0.2, 0.25) is 0 Å². The van der Waals surface area contributed by atoms with E-state index >= 15 is 0 Å². The third-order valence-electron chi connectivity index (χ3n) is 4.65. The number of para-hydroxylation sites is 1. The van der Waals surface area contributed by atoms with Crippen molar-refractivity contribution >= 4 is 24.1 Å². The van der Waals surface area contributed by atoms with Gasteiger partial charge in [-0.2, -0.15) is 0 Å². The molecule has 0 aliphatic heterocycles. The number of nitrogens with two attached hydrogens (primary N) is 1. The lowest BCUT2D eigenvalue weighted by molar-refractivity contribution is 0.0768. The SMILES string of the molecule is CCN(CC)C(=O)c1ccccc1OCCCCCOc1ccc(C(=N)N)cc1.Cl. The van der Waals surface area contributed by atoms with Gasteiger partial charge in [-0.05, 0) is 69.5 Å². The molecule has 0 aliphatic carbocycles. The molecule has 6 nitrogen and oxygen atoms in total. The van der Waals surface area contributed by atoms with E-state index in [1.807, 2.05) is 50.2 Å². The first-order valence-corrected chi connectivity index (χ1v) is 10.1. The van der Waals surface area contributed by atoms with E-state index in [1.165, 1.54) is 0 Å². The predicted octanol–water partition coefficient (Wildman–Crippen LogP) is 4.50. The summed E-state index contributed by atoms with van der Waals surface area (Å²) in [5.74, 6) is 1.48. The molecule has 0 aromatic heterocycles. The Hall–Kier alpha value is -2.73. The molecule has 0 heterocycles. The molecule has 30 heavy (non-hydrogen) atoms. The molecule has 0 saturated heterocycles. The van der Waals surface area contributed by atoms with Crippen molar-refractivity contribution in [2.24, 2.45) is 5.73 Å². The van der Waals surface area contributed by atoms with E-state index in [4.69, 9.17) is 20.6 Å². The van der Waals surface area contributed by atoms with Crippen LogP contribution in [0.15, 0.2) is 48.5 Å². The summed E-state index contributed by atoms with van der Waals surface area (Å²) in [5, 5.41) is 7.38. The van der Waals surface area contributed by atoms with Crippen molar-refractivity contribution in [1.29, 1.82) is 5.41 Å². The fourth-order valence-electron chi connectivity index (χ4n) is 2.93. The van der Waals surface area contributed by atoms with Crippen molar-refractivity contribution in [2.45, 2.75) is 33.1 Å². The minimum absolute atomic E-state index is 0. The number of nitrogens with one attached hydrogen (secondary N) is 1. The van der Waals surface area contributed by atoms with Gasteiger partial charge in [-0.15, -0.1) is 12.4 Å². The zero-order valence-electron chi connectivity index (χ0n) is 17.7. The summed E-state index contributed by atoms with van der Waals surface area (Å²) in [6.45, 7) is 6.50. The Bertz CT molecular complexity index is 793. The van der Waals surface area contributed by atoms with Crippen molar-refractivity contribution in [3.63, 3.8) is 0 Å². The molecule has 0 fully saturated rings. The number of rotatable bonds is 12. The average Bonchev–Trinajstić information content (AvgIpc) is 2.74. The monoisotopic (exact) mass is 433 g/mol. The van der Waals surface area contributed by atoms with E-state index in [0.29, 0.717) is 43.2 Å². The van der Waals surface area contributed by atoms with Crippen LogP contribution in [0.3, 0.4) is 0 Å². The van der Waals surface area contributed by atoms with Crippen molar-refractivity contribution in [2.75, 3.05) is 26.3 Å². The molecular weight excluding hydrogens is 402 g/mol. The number of nitrogen functional groups attached to an aromatic ring is 1. The highest BCUT2D eigenvalue weighted by atomic mass is 35.5. The smallest absolute Gasteiger partial charge is 0.257 e. The maximum absolute atomic E-state index is 12.6. The van der Waals surface area contributed by atoms with Crippen LogP contribution < -0.4 is 15.2 Å². The van der Waals surface area contributed by atoms with E-state index in [-0.39, 0.29) is 24.1 Å². The van der Waals surface area contributed by atoms with Crippen LogP contribution in [0.2, 0.25) is 0 Å². The molecule has 0 spiro atoms. The molecular formula is C23H32ClN3O3. The van der Waals surface area contributed by atoms with Crippen LogP contribution in [0, 0.1) is 5.41 Å². The average molecular weight is 434 g/mol. The van der Waals surface area contributed by atoms with Gasteiger partial charge in [0.15, 0.2) is 0 Å². The van der Waals surface area contributed by atoms with Crippen molar-refractivity contribution < 1.29 is 14.3 Å². The van der Waals surface area contributed by atoms with Crippen LogP contribution >= 0.6 is 12.4 Å². The topological polar surface area (TPSA) is 88.6 Å². The predicted molar refractivity (Wildman–Crippen MR) is 123 cm³/mol. The third kappa shape index (κ3) is 7.59. The van der Waals surface area contributed by atoms with E-state index < -0.39 is 0 Å². The lowest BCUT2D eigenvalue weighted by atomic mass is 10.1. The van der Waals surface area contributed by atoms with Crippen molar-refractivity contribution in [3.05, 3.63) is 59.7 Å². The number of halogens is 1. The summed E-state index contributed by atoms with van der Waals surface area (Å²) in [5.41, 5.74) is 6.75. The van der Waals surface area contributed by atoms with Crippen molar-refractivity contribution in [3.8, 4) is 11.5 Å². The largest absolute Gasteiger partial charge is 0.494 e. The van der Waals surface area contributed by atoms with Gasteiger partial charge < -0.3 is 20.1 Å². The maximum atomic E-state index is 12.6. The second-order valence-corrected chi connectivity index (χ2v) is 6.67. The number of ether oxygens (including phenoxy) is 2. The fourth-order valence-corrected chi connectivity index (χ4v) is 2.93. The van der Waals surface area contributed by atoms with Crippen LogP contribution in [0.5, 0.6) is 11.5 Å². The van der Waals surface area contributed by atoms with Gasteiger partial charge >= 0.3 is 0 Å². The zero-order valence-corrected chi connectivity index (χ0v) is 18.5. The van der Waals surface area contributed by atoms with E-state index in [2.05, 4.69) is 0 Å². The third-order valence-corrected chi connectivity index (χ3v) is 4.65. The quantitative estimate of drug-likeness (QED) is 0.293. The van der Waals surface area contributed by atoms with E-state index in [9.17, 15) is 4.79 Å². The Kier molecular flexibility index (Phi) is 11.4. The van der Waals surface area contributed by atoms with Crippen LogP contribution in [0.25, 0.3) is 0 Å². The molecule has 3 N–H and O–H groups in total. The Balaban J connectivity index is 0.00000450. The molecule has 0 aliphatic rings. The summed E-state index contributed by atoms with van der Waals surface area (Å²) < 4.78 is 11.6. The highest BCUT2D eigenvalue weighted by Gasteiger charge is 2.16. The molecule has 0 unspecified atom stereocenters. The number of benzene rings is 2. The summed E-state index contributed by atoms with van der Waals surface area (Å²) in [4.78, 5) is 14.4. The number of unbranched alkanes of at least 4 members (excludes halogenated alkanes) is 2. The fraction of sp³-hybridized carbons (Fsp3) is 0.391. The van der Waals surface area contributed by atoms with E-state index in [1.54, 1.807) is 17.0 Å². The molecule has 2 rings (SSSR count). The van der Waals surface area contributed by atoms with Crippen molar-refractivity contribution in [1.82, 2.24) is 4.90 Å². The highest BCUT2D eigenvalue weighted by molar-refractivity contribution is 5.97. The number of amides is 1. The van der Waals surface area contributed by atoms with Gasteiger partial charge in [0.25, 0.3) is 5.91 Å². The number of carbonyl (C=O) groups is 1. The van der Waals surface area contributed by atoms with E-state index in [0.717, 1.165) is 25.0 Å². The van der Waals surface area contributed by atoms with Gasteiger partial charge in [-0.25, -0.2) is 0 Å². The Morgan fingerprint density at radius 3 is 2.13 bits per heavy atom.